The number of benzene rings is 1. The van der Waals surface area contributed by atoms with E-state index in [0.29, 0.717) is 30.9 Å². The standard InChI is InChI=1S/C15H24N2O3/c1-15(2,19)11-17(3)10-9-14(18)16-12-7-5-6-8-13(12)20-4/h5-8,19H,9-11H2,1-4H3,(H,16,18). The summed E-state index contributed by atoms with van der Waals surface area (Å²) in [5.41, 5.74) is -0.0846. The maximum absolute atomic E-state index is 11.9. The van der Waals surface area contributed by atoms with E-state index in [1.807, 2.05) is 24.1 Å². The molecular weight excluding hydrogens is 256 g/mol. The van der Waals surface area contributed by atoms with E-state index in [9.17, 15) is 9.90 Å². The van der Waals surface area contributed by atoms with Crippen molar-refractivity contribution < 1.29 is 14.6 Å². The van der Waals surface area contributed by atoms with Gasteiger partial charge in [0.2, 0.25) is 5.91 Å². The molecule has 20 heavy (non-hydrogen) atoms. The molecule has 2 N–H and O–H groups in total. The molecule has 1 aromatic carbocycles. The van der Waals surface area contributed by atoms with E-state index in [0.717, 1.165) is 0 Å². The van der Waals surface area contributed by atoms with Crippen LogP contribution in [0.15, 0.2) is 24.3 Å². The first-order valence-corrected chi connectivity index (χ1v) is 6.65. The molecule has 0 aliphatic rings. The van der Waals surface area contributed by atoms with Gasteiger partial charge in [0.05, 0.1) is 18.4 Å². The van der Waals surface area contributed by atoms with Crippen molar-refractivity contribution in [1.29, 1.82) is 0 Å². The van der Waals surface area contributed by atoms with Crippen LogP contribution in [0.4, 0.5) is 5.69 Å². The Morgan fingerprint density at radius 2 is 2.05 bits per heavy atom. The number of carbonyl (C=O) groups is 1. The molecule has 0 aromatic heterocycles. The van der Waals surface area contributed by atoms with Crippen LogP contribution in [-0.4, -0.2) is 48.8 Å². The topological polar surface area (TPSA) is 61.8 Å². The smallest absolute Gasteiger partial charge is 0.225 e. The SMILES string of the molecule is COc1ccccc1NC(=O)CCN(C)CC(C)(C)O. The van der Waals surface area contributed by atoms with E-state index >= 15 is 0 Å². The van der Waals surface area contributed by atoms with E-state index in [1.165, 1.54) is 0 Å². The number of carbonyl (C=O) groups excluding carboxylic acids is 1. The zero-order valence-electron chi connectivity index (χ0n) is 12.6. The van der Waals surface area contributed by atoms with Crippen LogP contribution in [0.3, 0.4) is 0 Å². The third-order valence-electron chi connectivity index (χ3n) is 2.76. The lowest BCUT2D eigenvalue weighted by atomic mass is 10.1. The molecule has 0 aliphatic heterocycles. The number of para-hydroxylation sites is 2. The number of amides is 1. The molecule has 1 rings (SSSR count). The van der Waals surface area contributed by atoms with Crippen LogP contribution >= 0.6 is 0 Å². The molecule has 0 aliphatic carbocycles. The molecule has 0 saturated heterocycles. The Balaban J connectivity index is 2.44. The maximum atomic E-state index is 11.9. The van der Waals surface area contributed by atoms with Crippen molar-refractivity contribution in [3.8, 4) is 5.75 Å². The molecular formula is C15H24N2O3. The summed E-state index contributed by atoms with van der Waals surface area (Å²) >= 11 is 0. The highest BCUT2D eigenvalue weighted by Crippen LogP contribution is 2.23. The lowest BCUT2D eigenvalue weighted by Crippen LogP contribution is -2.37. The van der Waals surface area contributed by atoms with Gasteiger partial charge in [0.15, 0.2) is 0 Å². The van der Waals surface area contributed by atoms with Gasteiger partial charge in [-0.2, -0.15) is 0 Å². The first kappa shape index (κ1) is 16.5. The van der Waals surface area contributed by atoms with Gasteiger partial charge in [-0.1, -0.05) is 12.1 Å². The summed E-state index contributed by atoms with van der Waals surface area (Å²) in [7, 11) is 3.45. The van der Waals surface area contributed by atoms with Gasteiger partial charge in [0.1, 0.15) is 5.75 Å². The first-order chi connectivity index (χ1) is 9.31. The third-order valence-corrected chi connectivity index (χ3v) is 2.76. The van der Waals surface area contributed by atoms with E-state index < -0.39 is 5.60 Å². The normalized spacial score (nSPS) is 11.5. The molecule has 5 heteroatoms. The number of nitrogens with zero attached hydrogens (tertiary/aromatic N) is 1. The van der Waals surface area contributed by atoms with E-state index in [-0.39, 0.29) is 5.91 Å². The zero-order valence-corrected chi connectivity index (χ0v) is 12.6. The van der Waals surface area contributed by atoms with Crippen molar-refractivity contribution in [3.63, 3.8) is 0 Å². The molecule has 1 aromatic rings. The number of ether oxygens (including phenoxy) is 1. The molecule has 0 saturated carbocycles. The fourth-order valence-electron chi connectivity index (χ4n) is 1.99. The van der Waals surface area contributed by atoms with Gasteiger partial charge < -0.3 is 20.1 Å². The average Bonchev–Trinajstić information content (AvgIpc) is 2.35. The van der Waals surface area contributed by atoms with Crippen LogP contribution in [0.5, 0.6) is 5.75 Å². The quantitative estimate of drug-likeness (QED) is 0.798. The second-order valence-electron chi connectivity index (χ2n) is 5.55. The van der Waals surface area contributed by atoms with Crippen molar-refractivity contribution in [1.82, 2.24) is 4.90 Å². The average molecular weight is 280 g/mol. The largest absolute Gasteiger partial charge is 0.495 e. The van der Waals surface area contributed by atoms with E-state index in [4.69, 9.17) is 4.74 Å². The van der Waals surface area contributed by atoms with E-state index in [1.54, 1.807) is 33.1 Å². The number of aliphatic hydroxyl groups is 1. The molecule has 1 amide bonds. The molecule has 0 heterocycles. The van der Waals surface area contributed by atoms with Gasteiger partial charge >= 0.3 is 0 Å². The highest BCUT2D eigenvalue weighted by atomic mass is 16.5. The predicted molar refractivity (Wildman–Crippen MR) is 80.0 cm³/mol. The highest BCUT2D eigenvalue weighted by molar-refractivity contribution is 5.92. The lowest BCUT2D eigenvalue weighted by molar-refractivity contribution is -0.116. The minimum absolute atomic E-state index is 0.0721. The molecule has 0 fully saturated rings. The maximum Gasteiger partial charge on any atom is 0.225 e. The summed E-state index contributed by atoms with van der Waals surface area (Å²) in [4.78, 5) is 13.8. The molecule has 0 spiro atoms. The minimum atomic E-state index is -0.756. The Morgan fingerprint density at radius 3 is 2.65 bits per heavy atom. The van der Waals surface area contributed by atoms with E-state index in [2.05, 4.69) is 5.32 Å². The van der Waals surface area contributed by atoms with Gasteiger partial charge in [0.25, 0.3) is 0 Å². The van der Waals surface area contributed by atoms with Crippen molar-refractivity contribution in [2.75, 3.05) is 32.6 Å². The van der Waals surface area contributed by atoms with Crippen molar-refractivity contribution in [2.24, 2.45) is 0 Å². The van der Waals surface area contributed by atoms with Crippen LogP contribution in [0.2, 0.25) is 0 Å². The fraction of sp³-hybridized carbons (Fsp3) is 0.533. The first-order valence-electron chi connectivity index (χ1n) is 6.65. The summed E-state index contributed by atoms with van der Waals surface area (Å²) in [6.07, 6.45) is 0.366. The Kier molecular flexibility index (Phi) is 5.98. The molecule has 0 unspecified atom stereocenters. The van der Waals surface area contributed by atoms with Crippen molar-refractivity contribution in [3.05, 3.63) is 24.3 Å². The Morgan fingerprint density at radius 1 is 1.40 bits per heavy atom. The Labute approximate surface area is 120 Å². The zero-order chi connectivity index (χ0) is 15.2. The number of rotatable bonds is 7. The van der Waals surface area contributed by atoms with Gasteiger partial charge in [-0.05, 0) is 33.0 Å². The fourth-order valence-corrected chi connectivity index (χ4v) is 1.99. The van der Waals surface area contributed by atoms with Crippen LogP contribution in [0, 0.1) is 0 Å². The number of nitrogens with one attached hydrogen (secondary N) is 1. The number of hydrogen-bond acceptors (Lipinski definition) is 4. The minimum Gasteiger partial charge on any atom is -0.495 e. The third kappa shape index (κ3) is 6.04. The Hall–Kier alpha value is -1.59. The lowest BCUT2D eigenvalue weighted by Gasteiger charge is -2.25. The summed E-state index contributed by atoms with van der Waals surface area (Å²) < 4.78 is 5.18. The molecule has 0 bridgehead atoms. The van der Waals surface area contributed by atoms with Gasteiger partial charge in [-0.15, -0.1) is 0 Å². The van der Waals surface area contributed by atoms with Crippen LogP contribution in [0.1, 0.15) is 20.3 Å². The van der Waals surface area contributed by atoms with Gasteiger partial charge in [-0.3, -0.25) is 4.79 Å². The van der Waals surface area contributed by atoms with Crippen molar-refractivity contribution in [2.45, 2.75) is 25.9 Å². The predicted octanol–water partition coefficient (Wildman–Crippen LogP) is 1.73. The molecule has 5 nitrogen and oxygen atoms in total. The monoisotopic (exact) mass is 280 g/mol. The number of methoxy groups -OCH3 is 1. The van der Waals surface area contributed by atoms with Gasteiger partial charge in [-0.25, -0.2) is 0 Å². The van der Waals surface area contributed by atoms with Crippen LogP contribution in [0.25, 0.3) is 0 Å². The van der Waals surface area contributed by atoms with Crippen LogP contribution in [-0.2, 0) is 4.79 Å². The number of anilines is 1. The van der Waals surface area contributed by atoms with Crippen molar-refractivity contribution >= 4 is 11.6 Å². The van der Waals surface area contributed by atoms with Crippen LogP contribution < -0.4 is 10.1 Å². The second-order valence-corrected chi connectivity index (χ2v) is 5.55. The highest BCUT2D eigenvalue weighted by Gasteiger charge is 2.16. The molecule has 0 atom stereocenters. The number of likely N-dealkylation sites (N-methyl/N-ethyl adjacent to an activating group) is 1. The molecule has 112 valence electrons. The number of hydrogen-bond donors (Lipinski definition) is 2. The summed E-state index contributed by atoms with van der Waals surface area (Å²) in [5.74, 6) is 0.572. The molecule has 0 radical (unpaired) electrons. The Bertz CT molecular complexity index is 441. The second kappa shape index (κ2) is 7.26. The summed E-state index contributed by atoms with van der Waals surface area (Å²) in [5, 5.41) is 12.5. The summed E-state index contributed by atoms with van der Waals surface area (Å²) in [6, 6.07) is 7.30. The van der Waals surface area contributed by atoms with Gasteiger partial charge in [0, 0.05) is 19.5 Å². The summed E-state index contributed by atoms with van der Waals surface area (Å²) in [6.45, 7) is 4.61.